The second kappa shape index (κ2) is 8.49. The molecule has 1 fully saturated rings. The minimum Gasteiger partial charge on any atom is -0.491 e. The van der Waals surface area contributed by atoms with Crippen molar-refractivity contribution in [3.8, 4) is 5.75 Å². The van der Waals surface area contributed by atoms with Gasteiger partial charge in [-0.15, -0.1) is 0 Å². The molecule has 0 saturated carbocycles. The lowest BCUT2D eigenvalue weighted by molar-refractivity contribution is -0.0403. The molecule has 1 unspecified atom stereocenters. The molecule has 2 aromatic carbocycles. The van der Waals surface area contributed by atoms with Crippen LogP contribution in [0.15, 0.2) is 42.7 Å². The molecule has 0 spiro atoms. The third kappa shape index (κ3) is 4.47. The fraction of sp³-hybridized carbons (Fsp3) is 0.300. The van der Waals surface area contributed by atoms with E-state index in [2.05, 4.69) is 27.2 Å². The first-order valence-electron chi connectivity index (χ1n) is 8.98. The predicted molar refractivity (Wildman–Crippen MR) is 112 cm³/mol. The van der Waals surface area contributed by atoms with E-state index in [-0.39, 0.29) is 6.10 Å². The predicted octanol–water partition coefficient (Wildman–Crippen LogP) is 4.39. The molecule has 0 radical (unpaired) electrons. The van der Waals surface area contributed by atoms with E-state index in [1.54, 1.807) is 12.1 Å². The average Bonchev–Trinajstić information content (AvgIpc) is 2.69. The van der Waals surface area contributed by atoms with Gasteiger partial charge in [0.05, 0.1) is 22.2 Å². The number of nitrogens with zero attached hydrogens (tertiary/aromatic N) is 3. The van der Waals surface area contributed by atoms with Crippen molar-refractivity contribution >= 4 is 45.6 Å². The van der Waals surface area contributed by atoms with Crippen LogP contribution in [0.5, 0.6) is 5.75 Å². The number of anilines is 2. The van der Waals surface area contributed by atoms with E-state index in [1.165, 1.54) is 6.33 Å². The summed E-state index contributed by atoms with van der Waals surface area (Å²) in [6.45, 7) is 3.07. The molecule has 1 atom stereocenters. The van der Waals surface area contributed by atoms with Crippen LogP contribution in [0.1, 0.15) is 0 Å². The number of fused-ring (bicyclic) bond motifs is 1. The Labute approximate surface area is 173 Å². The summed E-state index contributed by atoms with van der Waals surface area (Å²) in [4.78, 5) is 11.0. The van der Waals surface area contributed by atoms with Crippen LogP contribution in [0, 0.1) is 0 Å². The molecular weight excluding hydrogens is 399 g/mol. The van der Waals surface area contributed by atoms with Crippen molar-refractivity contribution in [3.63, 3.8) is 0 Å². The van der Waals surface area contributed by atoms with Crippen LogP contribution in [0.2, 0.25) is 10.0 Å². The normalized spacial score (nSPS) is 17.6. The monoisotopic (exact) mass is 418 g/mol. The molecule has 6 nitrogen and oxygen atoms in total. The maximum absolute atomic E-state index is 6.09. The van der Waals surface area contributed by atoms with Crippen molar-refractivity contribution in [3.05, 3.63) is 52.8 Å². The summed E-state index contributed by atoms with van der Waals surface area (Å²) in [7, 11) is 2.09. The van der Waals surface area contributed by atoms with Gasteiger partial charge in [0, 0.05) is 30.2 Å². The van der Waals surface area contributed by atoms with Gasteiger partial charge in [-0.3, -0.25) is 0 Å². The summed E-state index contributed by atoms with van der Waals surface area (Å²) in [6.07, 6.45) is 1.59. The highest BCUT2D eigenvalue weighted by Gasteiger charge is 2.18. The standard InChI is InChI=1S/C20H20Cl2N4O2/c1-26-6-7-27-15(10-26)11-28-14-3-4-16-19(9-14)23-12-24-20(16)25-13-2-5-17(21)18(22)8-13/h2-5,8-9,12,15H,6-7,10-11H2,1H3,(H,23,24,25). The summed E-state index contributed by atoms with van der Waals surface area (Å²) >= 11 is 12.1. The largest absolute Gasteiger partial charge is 0.491 e. The van der Waals surface area contributed by atoms with Crippen molar-refractivity contribution < 1.29 is 9.47 Å². The highest BCUT2D eigenvalue weighted by atomic mass is 35.5. The smallest absolute Gasteiger partial charge is 0.141 e. The topological polar surface area (TPSA) is 59.5 Å². The fourth-order valence-corrected chi connectivity index (χ4v) is 3.39. The minimum atomic E-state index is 0.0757. The molecule has 1 aliphatic rings. The summed E-state index contributed by atoms with van der Waals surface area (Å²) < 4.78 is 11.7. The zero-order chi connectivity index (χ0) is 19.5. The number of hydrogen-bond donors (Lipinski definition) is 1. The van der Waals surface area contributed by atoms with Gasteiger partial charge in [-0.1, -0.05) is 23.2 Å². The van der Waals surface area contributed by atoms with Crippen LogP contribution in [-0.2, 0) is 4.74 Å². The highest BCUT2D eigenvalue weighted by Crippen LogP contribution is 2.29. The van der Waals surface area contributed by atoms with Gasteiger partial charge in [-0.2, -0.15) is 0 Å². The van der Waals surface area contributed by atoms with E-state index in [9.17, 15) is 0 Å². The maximum Gasteiger partial charge on any atom is 0.141 e. The Morgan fingerprint density at radius 3 is 2.89 bits per heavy atom. The first-order chi connectivity index (χ1) is 13.6. The number of morpholine rings is 1. The van der Waals surface area contributed by atoms with E-state index >= 15 is 0 Å². The third-order valence-corrected chi connectivity index (χ3v) is 5.31. The molecule has 0 aliphatic carbocycles. The van der Waals surface area contributed by atoms with Gasteiger partial charge in [0.15, 0.2) is 0 Å². The second-order valence-electron chi connectivity index (χ2n) is 6.72. The molecule has 0 amide bonds. The second-order valence-corrected chi connectivity index (χ2v) is 7.54. The minimum absolute atomic E-state index is 0.0757. The van der Waals surface area contributed by atoms with Crippen LogP contribution in [0.4, 0.5) is 11.5 Å². The summed E-state index contributed by atoms with van der Waals surface area (Å²) in [6, 6.07) is 11.1. The van der Waals surface area contributed by atoms with Crippen LogP contribution in [0.3, 0.4) is 0 Å². The van der Waals surface area contributed by atoms with Crippen LogP contribution >= 0.6 is 23.2 Å². The summed E-state index contributed by atoms with van der Waals surface area (Å²) in [5.74, 6) is 1.44. The zero-order valence-corrected chi connectivity index (χ0v) is 16.9. The molecule has 1 aromatic heterocycles. The molecule has 1 N–H and O–H groups in total. The number of aromatic nitrogens is 2. The first kappa shape index (κ1) is 19.2. The lowest BCUT2D eigenvalue weighted by Gasteiger charge is -2.29. The quantitative estimate of drug-likeness (QED) is 0.662. The maximum atomic E-state index is 6.09. The van der Waals surface area contributed by atoms with Crippen molar-refractivity contribution in [2.24, 2.45) is 0 Å². The van der Waals surface area contributed by atoms with Crippen molar-refractivity contribution in [2.45, 2.75) is 6.10 Å². The molecule has 1 aliphatic heterocycles. The molecule has 3 aromatic rings. The third-order valence-electron chi connectivity index (χ3n) is 4.57. The van der Waals surface area contributed by atoms with Crippen molar-refractivity contribution in [1.29, 1.82) is 0 Å². The Morgan fingerprint density at radius 2 is 2.07 bits per heavy atom. The number of rotatable bonds is 5. The van der Waals surface area contributed by atoms with Crippen LogP contribution < -0.4 is 10.1 Å². The average molecular weight is 419 g/mol. The SMILES string of the molecule is CN1CCOC(COc2ccc3c(Nc4ccc(Cl)c(Cl)c4)ncnc3c2)C1. The first-order valence-corrected chi connectivity index (χ1v) is 9.74. The summed E-state index contributed by atoms with van der Waals surface area (Å²) in [5, 5.41) is 5.14. The van der Waals surface area contributed by atoms with Gasteiger partial charge in [0.1, 0.15) is 30.6 Å². The van der Waals surface area contributed by atoms with Crippen molar-refractivity contribution in [1.82, 2.24) is 14.9 Å². The number of ether oxygens (including phenoxy) is 2. The Hall–Kier alpha value is -2.12. The van der Waals surface area contributed by atoms with Gasteiger partial charge in [-0.05, 0) is 37.4 Å². The molecule has 4 rings (SSSR count). The number of halogens is 2. The lowest BCUT2D eigenvalue weighted by atomic mass is 10.2. The highest BCUT2D eigenvalue weighted by molar-refractivity contribution is 6.42. The molecular formula is C20H20Cl2N4O2. The molecule has 1 saturated heterocycles. The van der Waals surface area contributed by atoms with E-state index in [0.717, 1.165) is 42.0 Å². The molecule has 8 heteroatoms. The zero-order valence-electron chi connectivity index (χ0n) is 15.4. The van der Waals surface area contributed by atoms with Crippen molar-refractivity contribution in [2.75, 3.05) is 38.7 Å². The van der Waals surface area contributed by atoms with Gasteiger partial charge in [0.25, 0.3) is 0 Å². The number of likely N-dealkylation sites (N-methyl/N-ethyl adjacent to an activating group) is 1. The van der Waals surface area contributed by atoms with Crippen LogP contribution in [-0.4, -0.2) is 54.3 Å². The lowest BCUT2D eigenvalue weighted by Crippen LogP contribution is -2.42. The van der Waals surface area contributed by atoms with E-state index in [0.29, 0.717) is 22.5 Å². The van der Waals surface area contributed by atoms with Gasteiger partial charge >= 0.3 is 0 Å². The molecule has 2 heterocycles. The number of hydrogen-bond acceptors (Lipinski definition) is 6. The van der Waals surface area contributed by atoms with Gasteiger partial charge in [-0.25, -0.2) is 9.97 Å². The molecule has 0 bridgehead atoms. The number of benzene rings is 2. The van der Waals surface area contributed by atoms with E-state index < -0.39 is 0 Å². The Morgan fingerprint density at radius 1 is 1.18 bits per heavy atom. The van der Waals surface area contributed by atoms with E-state index in [1.807, 2.05) is 24.3 Å². The Kier molecular flexibility index (Phi) is 5.82. The molecule has 28 heavy (non-hydrogen) atoms. The fourth-order valence-electron chi connectivity index (χ4n) is 3.09. The Balaban J connectivity index is 1.50. The molecule has 146 valence electrons. The Bertz CT molecular complexity index is 986. The van der Waals surface area contributed by atoms with Gasteiger partial charge < -0.3 is 19.7 Å². The van der Waals surface area contributed by atoms with Crippen LogP contribution in [0.25, 0.3) is 10.9 Å². The summed E-state index contributed by atoms with van der Waals surface area (Å²) in [5.41, 5.74) is 1.59. The van der Waals surface area contributed by atoms with E-state index in [4.69, 9.17) is 32.7 Å². The number of nitrogens with one attached hydrogen (secondary N) is 1. The van der Waals surface area contributed by atoms with Gasteiger partial charge in [0.2, 0.25) is 0 Å².